The summed E-state index contributed by atoms with van der Waals surface area (Å²) < 4.78 is 30.2. The first-order valence-electron chi connectivity index (χ1n) is 4.91. The van der Waals surface area contributed by atoms with Gasteiger partial charge < -0.3 is 9.84 Å². The van der Waals surface area contributed by atoms with Gasteiger partial charge in [0.2, 0.25) is 0 Å². The Morgan fingerprint density at radius 2 is 1.94 bits per heavy atom. The van der Waals surface area contributed by atoms with Crippen LogP contribution >= 0.6 is 0 Å². The van der Waals surface area contributed by atoms with Crippen molar-refractivity contribution < 1.29 is 28.2 Å². The fourth-order valence-corrected chi connectivity index (χ4v) is 1.25. The van der Waals surface area contributed by atoms with Gasteiger partial charge in [0, 0.05) is 0 Å². The van der Waals surface area contributed by atoms with Gasteiger partial charge in [0.05, 0.1) is 19.1 Å². The molecule has 96 valence electrons. The predicted molar refractivity (Wildman–Crippen MR) is 59.0 cm³/mol. The summed E-state index contributed by atoms with van der Waals surface area (Å²) in [6.45, 7) is 0. The van der Waals surface area contributed by atoms with E-state index in [2.05, 4.69) is 4.74 Å². The summed E-state index contributed by atoms with van der Waals surface area (Å²) in [5, 5.41) is 8.82. The van der Waals surface area contributed by atoms with E-state index in [-0.39, 0.29) is 17.5 Å². The molecule has 0 aliphatic heterocycles. The van der Waals surface area contributed by atoms with E-state index in [0.717, 1.165) is 6.07 Å². The Bertz CT molecular complexity index is 509. The van der Waals surface area contributed by atoms with Crippen molar-refractivity contribution in [2.45, 2.75) is 6.42 Å². The summed E-state index contributed by atoms with van der Waals surface area (Å²) in [6, 6.07) is 1.35. The number of carbonyl (C=O) groups excluding carboxylic acids is 1. The lowest BCUT2D eigenvalue weighted by Gasteiger charge is -2.02. The summed E-state index contributed by atoms with van der Waals surface area (Å²) in [6.07, 6.45) is 2.45. The third kappa shape index (κ3) is 3.38. The maximum Gasteiger partial charge on any atom is 0.336 e. The van der Waals surface area contributed by atoms with Crippen molar-refractivity contribution in [2.24, 2.45) is 0 Å². The van der Waals surface area contributed by atoms with Gasteiger partial charge in [-0.25, -0.2) is 13.6 Å². The normalized spacial score (nSPS) is 10.6. The minimum absolute atomic E-state index is 0.0229. The molecule has 1 N–H and O–H groups in total. The third-order valence-corrected chi connectivity index (χ3v) is 2.13. The van der Waals surface area contributed by atoms with E-state index < -0.39 is 23.6 Å². The highest BCUT2D eigenvalue weighted by Crippen LogP contribution is 2.17. The van der Waals surface area contributed by atoms with E-state index in [1.54, 1.807) is 0 Å². The maximum absolute atomic E-state index is 13.0. The molecule has 18 heavy (non-hydrogen) atoms. The van der Waals surface area contributed by atoms with Gasteiger partial charge >= 0.3 is 11.9 Å². The Morgan fingerprint density at radius 1 is 1.33 bits per heavy atom. The van der Waals surface area contributed by atoms with E-state index in [9.17, 15) is 18.4 Å². The SMILES string of the molecule is COC(=O)CC=Cc1cc(F)c(F)cc1C(=O)O. The molecule has 1 aromatic rings. The molecule has 0 aliphatic rings. The molecule has 4 nitrogen and oxygen atoms in total. The molecule has 1 rings (SSSR count). The van der Waals surface area contributed by atoms with Crippen LogP contribution in [0.1, 0.15) is 22.3 Å². The van der Waals surface area contributed by atoms with Crippen LogP contribution in [-0.2, 0) is 9.53 Å². The number of ether oxygens (including phenoxy) is 1. The topological polar surface area (TPSA) is 63.6 Å². The largest absolute Gasteiger partial charge is 0.478 e. The smallest absolute Gasteiger partial charge is 0.336 e. The van der Waals surface area contributed by atoms with Crippen LogP contribution in [0, 0.1) is 11.6 Å². The van der Waals surface area contributed by atoms with Crippen LogP contribution in [0.25, 0.3) is 6.08 Å². The van der Waals surface area contributed by atoms with Gasteiger partial charge in [0.25, 0.3) is 0 Å². The predicted octanol–water partition coefficient (Wildman–Crippen LogP) is 2.24. The standard InChI is InChI=1S/C12H10F2O4/c1-18-11(15)4-2-3-7-5-9(13)10(14)6-8(7)12(16)17/h2-3,5-6H,4H2,1H3,(H,16,17). The van der Waals surface area contributed by atoms with Crippen LogP contribution in [0.2, 0.25) is 0 Å². The van der Waals surface area contributed by atoms with E-state index >= 15 is 0 Å². The summed E-state index contributed by atoms with van der Waals surface area (Å²) in [7, 11) is 1.20. The molecule has 0 unspecified atom stereocenters. The van der Waals surface area contributed by atoms with Crippen LogP contribution in [0.5, 0.6) is 0 Å². The van der Waals surface area contributed by atoms with Crippen molar-refractivity contribution in [3.8, 4) is 0 Å². The number of carboxylic acid groups (broad SMARTS) is 1. The molecule has 6 heteroatoms. The van der Waals surface area contributed by atoms with Gasteiger partial charge in [0.1, 0.15) is 0 Å². The summed E-state index contributed by atoms with van der Waals surface area (Å²) in [4.78, 5) is 21.6. The molecular weight excluding hydrogens is 246 g/mol. The molecule has 0 amide bonds. The number of aromatic carboxylic acids is 1. The van der Waals surface area contributed by atoms with Crippen molar-refractivity contribution in [1.82, 2.24) is 0 Å². The van der Waals surface area contributed by atoms with Gasteiger partial charge in [-0.15, -0.1) is 0 Å². The number of carbonyl (C=O) groups is 2. The van der Waals surface area contributed by atoms with Gasteiger partial charge in [-0.3, -0.25) is 4.79 Å². The Hall–Kier alpha value is -2.24. The fraction of sp³-hybridized carbons (Fsp3) is 0.167. The van der Waals surface area contributed by atoms with Crippen LogP contribution in [0.4, 0.5) is 8.78 Å². The van der Waals surface area contributed by atoms with Gasteiger partial charge in [-0.05, 0) is 17.7 Å². The number of esters is 1. The highest BCUT2D eigenvalue weighted by atomic mass is 19.2. The summed E-state index contributed by atoms with van der Waals surface area (Å²) in [5.74, 6) is -4.30. The molecule has 0 heterocycles. The molecule has 0 saturated carbocycles. The molecule has 0 atom stereocenters. The minimum atomic E-state index is -1.38. The van der Waals surface area contributed by atoms with Crippen molar-refractivity contribution in [2.75, 3.05) is 7.11 Å². The zero-order chi connectivity index (χ0) is 13.7. The second kappa shape index (κ2) is 5.90. The highest BCUT2D eigenvalue weighted by molar-refractivity contribution is 5.92. The molecule has 0 saturated heterocycles. The number of carboxylic acids is 1. The zero-order valence-corrected chi connectivity index (χ0v) is 9.44. The number of halogens is 2. The zero-order valence-electron chi connectivity index (χ0n) is 9.44. The van der Waals surface area contributed by atoms with Crippen molar-refractivity contribution >= 4 is 18.0 Å². The lowest BCUT2D eigenvalue weighted by Crippen LogP contribution is -2.02. The summed E-state index contributed by atoms with van der Waals surface area (Å²) >= 11 is 0. The number of benzene rings is 1. The molecule has 0 bridgehead atoms. The maximum atomic E-state index is 13.0. The first-order chi connectivity index (χ1) is 8.45. The number of hydrogen-bond acceptors (Lipinski definition) is 3. The van der Waals surface area contributed by atoms with E-state index in [1.807, 2.05) is 0 Å². The lowest BCUT2D eigenvalue weighted by molar-refractivity contribution is -0.139. The molecule has 0 radical (unpaired) electrons. The first kappa shape index (κ1) is 13.8. The van der Waals surface area contributed by atoms with Gasteiger partial charge in [-0.1, -0.05) is 12.2 Å². The molecule has 0 aromatic heterocycles. The lowest BCUT2D eigenvalue weighted by atomic mass is 10.1. The molecular formula is C12H10F2O4. The van der Waals surface area contributed by atoms with Gasteiger partial charge in [-0.2, -0.15) is 0 Å². The van der Waals surface area contributed by atoms with Crippen molar-refractivity contribution in [1.29, 1.82) is 0 Å². The Labute approximate surface area is 101 Å². The van der Waals surface area contributed by atoms with Crippen LogP contribution in [0.3, 0.4) is 0 Å². The number of hydrogen-bond donors (Lipinski definition) is 1. The van der Waals surface area contributed by atoms with Gasteiger partial charge in [0.15, 0.2) is 11.6 Å². The minimum Gasteiger partial charge on any atom is -0.478 e. The average molecular weight is 256 g/mol. The third-order valence-electron chi connectivity index (χ3n) is 2.13. The fourth-order valence-electron chi connectivity index (χ4n) is 1.25. The Balaban J connectivity index is 3.03. The monoisotopic (exact) mass is 256 g/mol. The first-order valence-corrected chi connectivity index (χ1v) is 4.91. The van der Waals surface area contributed by atoms with Crippen LogP contribution in [-0.4, -0.2) is 24.2 Å². The summed E-state index contributed by atoms with van der Waals surface area (Å²) in [5.41, 5.74) is -0.402. The van der Waals surface area contributed by atoms with E-state index in [0.29, 0.717) is 6.07 Å². The van der Waals surface area contributed by atoms with E-state index in [4.69, 9.17) is 5.11 Å². The van der Waals surface area contributed by atoms with Crippen LogP contribution in [0.15, 0.2) is 18.2 Å². The number of methoxy groups -OCH3 is 1. The highest BCUT2D eigenvalue weighted by Gasteiger charge is 2.13. The molecule has 0 aliphatic carbocycles. The Morgan fingerprint density at radius 3 is 2.50 bits per heavy atom. The average Bonchev–Trinajstić information content (AvgIpc) is 2.32. The Kier molecular flexibility index (Phi) is 4.53. The molecule has 1 aromatic carbocycles. The van der Waals surface area contributed by atoms with E-state index in [1.165, 1.54) is 19.3 Å². The van der Waals surface area contributed by atoms with Crippen LogP contribution < -0.4 is 0 Å². The molecule has 0 fully saturated rings. The van der Waals surface area contributed by atoms with Crippen molar-refractivity contribution in [3.63, 3.8) is 0 Å². The second-order valence-electron chi connectivity index (χ2n) is 3.34. The van der Waals surface area contributed by atoms with Crippen molar-refractivity contribution in [3.05, 3.63) is 41.0 Å². The quantitative estimate of drug-likeness (QED) is 0.839. The number of rotatable bonds is 4. The molecule has 0 spiro atoms. The second-order valence-corrected chi connectivity index (χ2v) is 3.34.